The van der Waals surface area contributed by atoms with E-state index in [0.29, 0.717) is 34.9 Å². The molecule has 15 heteroatoms. The summed E-state index contributed by atoms with van der Waals surface area (Å²) in [6.07, 6.45) is 2.58. The molecule has 200 valence electrons. The van der Waals surface area contributed by atoms with E-state index in [9.17, 15) is 14.4 Å². The fraction of sp³-hybridized carbons (Fsp3) is 0.435. The molecule has 1 saturated heterocycles. The van der Waals surface area contributed by atoms with Crippen molar-refractivity contribution in [2.75, 3.05) is 36.9 Å². The second-order valence-electron chi connectivity index (χ2n) is 9.19. The van der Waals surface area contributed by atoms with Gasteiger partial charge in [-0.1, -0.05) is 16.7 Å². The van der Waals surface area contributed by atoms with E-state index in [4.69, 9.17) is 16.0 Å². The Hall–Kier alpha value is -3.62. The second kappa shape index (κ2) is 11.0. The normalized spacial score (nSPS) is 19.5. The monoisotopic (exact) mass is 559 g/mol. The molecule has 0 bridgehead atoms. The number of pyridine rings is 1. The minimum Gasteiger partial charge on any atom is -0.408 e. The summed E-state index contributed by atoms with van der Waals surface area (Å²) in [5, 5.41) is 16.9. The molecule has 0 radical (unpaired) electrons. The Morgan fingerprint density at radius 3 is 2.71 bits per heavy atom. The van der Waals surface area contributed by atoms with Crippen LogP contribution >= 0.6 is 22.9 Å². The minimum atomic E-state index is -0.878. The molecule has 38 heavy (non-hydrogen) atoms. The Labute approximate surface area is 227 Å². The lowest BCUT2D eigenvalue weighted by atomic mass is 9.99. The van der Waals surface area contributed by atoms with Crippen LogP contribution in [0.3, 0.4) is 0 Å². The van der Waals surface area contributed by atoms with Crippen molar-refractivity contribution >= 4 is 52.5 Å². The van der Waals surface area contributed by atoms with Crippen molar-refractivity contribution < 1.29 is 18.8 Å². The van der Waals surface area contributed by atoms with Gasteiger partial charge < -0.3 is 30.2 Å². The molecule has 1 fully saturated rings. The largest absolute Gasteiger partial charge is 0.408 e. The van der Waals surface area contributed by atoms with Gasteiger partial charge in [0.1, 0.15) is 5.82 Å². The molecule has 5 heterocycles. The van der Waals surface area contributed by atoms with Gasteiger partial charge in [0, 0.05) is 50.6 Å². The number of piperidine rings is 1. The van der Waals surface area contributed by atoms with E-state index in [1.165, 1.54) is 23.6 Å². The van der Waals surface area contributed by atoms with Gasteiger partial charge in [-0.15, -0.1) is 16.4 Å². The third-order valence-corrected chi connectivity index (χ3v) is 7.63. The smallest absolute Gasteiger partial charge is 0.318 e. The number of aromatic nitrogens is 4. The third-order valence-electron chi connectivity index (χ3n) is 6.32. The van der Waals surface area contributed by atoms with Gasteiger partial charge in [-0.25, -0.2) is 9.97 Å². The van der Waals surface area contributed by atoms with Gasteiger partial charge in [0.05, 0.1) is 22.8 Å². The Morgan fingerprint density at radius 2 is 1.97 bits per heavy atom. The number of hydrogen-bond acceptors (Lipinski definition) is 11. The van der Waals surface area contributed by atoms with Crippen LogP contribution in [0.2, 0.25) is 5.02 Å². The highest BCUT2D eigenvalue weighted by Crippen LogP contribution is 2.25. The molecule has 2 aliphatic rings. The number of amides is 3. The number of nitrogens with zero attached hydrogens (tertiary/aromatic N) is 6. The molecule has 0 saturated carbocycles. The molecule has 0 aromatic carbocycles. The van der Waals surface area contributed by atoms with Crippen molar-refractivity contribution in [1.29, 1.82) is 0 Å². The van der Waals surface area contributed by atoms with Crippen molar-refractivity contribution in [3.8, 4) is 0 Å². The quantitative estimate of drug-likeness (QED) is 0.385. The van der Waals surface area contributed by atoms with Crippen molar-refractivity contribution in [1.82, 2.24) is 35.7 Å². The van der Waals surface area contributed by atoms with Crippen LogP contribution in [0, 0.1) is 6.92 Å². The highest BCUT2D eigenvalue weighted by Gasteiger charge is 2.35. The lowest BCUT2D eigenvalue weighted by molar-refractivity contribution is -0.136. The van der Waals surface area contributed by atoms with Crippen molar-refractivity contribution in [3.05, 3.63) is 44.8 Å². The van der Waals surface area contributed by atoms with E-state index in [2.05, 4.69) is 41.0 Å². The topological polar surface area (TPSA) is 158 Å². The number of halogens is 1. The van der Waals surface area contributed by atoms with Crippen LogP contribution in [-0.2, 0) is 22.6 Å². The number of carbonyl (C=O) groups excluding carboxylic acids is 3. The summed E-state index contributed by atoms with van der Waals surface area (Å²) < 4.78 is 5.56. The molecule has 0 spiro atoms. The fourth-order valence-corrected chi connectivity index (χ4v) is 5.57. The highest BCUT2D eigenvalue weighted by molar-refractivity contribution is 7.13. The third kappa shape index (κ3) is 5.92. The van der Waals surface area contributed by atoms with E-state index < -0.39 is 23.9 Å². The van der Waals surface area contributed by atoms with Gasteiger partial charge in [-0.05, 0) is 25.6 Å². The molecule has 2 atom stereocenters. The number of hydrogen-bond donors (Lipinski definition) is 3. The van der Waals surface area contributed by atoms with Gasteiger partial charge in [-0.3, -0.25) is 14.4 Å². The zero-order valence-electron chi connectivity index (χ0n) is 20.7. The summed E-state index contributed by atoms with van der Waals surface area (Å²) in [6, 6.07) is 2.28. The first-order valence-corrected chi connectivity index (χ1v) is 13.2. The van der Waals surface area contributed by atoms with E-state index in [1.807, 2.05) is 11.9 Å². The van der Waals surface area contributed by atoms with Gasteiger partial charge in [0.25, 0.3) is 5.91 Å². The van der Waals surface area contributed by atoms with Gasteiger partial charge in [-0.2, -0.15) is 0 Å². The second-order valence-corrected chi connectivity index (χ2v) is 10.7. The lowest BCUT2D eigenvalue weighted by Gasteiger charge is -2.38. The van der Waals surface area contributed by atoms with Crippen molar-refractivity contribution in [2.45, 2.75) is 38.4 Å². The average Bonchev–Trinajstić information content (AvgIpc) is 3.52. The summed E-state index contributed by atoms with van der Waals surface area (Å²) >= 11 is 7.19. The molecular formula is C23H26ClN9O4S. The maximum Gasteiger partial charge on any atom is 0.318 e. The zero-order valence-corrected chi connectivity index (χ0v) is 22.3. The fourth-order valence-electron chi connectivity index (χ4n) is 4.37. The molecule has 2 aliphatic heterocycles. The predicted octanol–water partition coefficient (Wildman–Crippen LogP) is 1.00. The molecule has 3 aromatic heterocycles. The molecule has 0 unspecified atom stereocenters. The van der Waals surface area contributed by atoms with Gasteiger partial charge >= 0.3 is 17.8 Å². The molecular weight excluding hydrogens is 534 g/mol. The van der Waals surface area contributed by atoms with Crippen LogP contribution in [0.15, 0.2) is 22.7 Å². The number of fused-ring (bicyclic) bond motifs is 1. The van der Waals surface area contributed by atoms with E-state index in [0.717, 1.165) is 30.1 Å². The Morgan fingerprint density at radius 1 is 1.13 bits per heavy atom. The first-order valence-electron chi connectivity index (χ1n) is 12.0. The summed E-state index contributed by atoms with van der Waals surface area (Å²) in [4.78, 5) is 52.1. The maximum atomic E-state index is 13.2. The summed E-state index contributed by atoms with van der Waals surface area (Å²) in [5.41, 5.74) is 0.946. The molecule has 3 N–H and O–H groups in total. The lowest BCUT2D eigenvalue weighted by Crippen LogP contribution is -2.61. The van der Waals surface area contributed by atoms with Gasteiger partial charge in [0.15, 0.2) is 5.01 Å². The number of nitrogens with one attached hydrogen (secondary N) is 3. The standard InChI is InChI=1S/C23H26ClN9O4S/c1-12-30-31-23(37-12)33-8-6-14(26-19(34)20(35)29-18-4-3-13(24)9-25-18)16(10-33)27-21(36)22-28-15-5-7-32(2)11-17(15)38-22/h3-4,9,14,16H,5-8,10-11H2,1-2H3,(H,26,34)(H,27,36)(H,25,29,35)/t14-,16+/m0/s1. The highest BCUT2D eigenvalue weighted by atomic mass is 35.5. The summed E-state index contributed by atoms with van der Waals surface area (Å²) in [7, 11) is 2.03. The predicted molar refractivity (Wildman–Crippen MR) is 139 cm³/mol. The van der Waals surface area contributed by atoms with Crippen LogP contribution in [0.4, 0.5) is 11.8 Å². The number of thiazole rings is 1. The van der Waals surface area contributed by atoms with Crippen LogP contribution in [-0.4, -0.2) is 81.6 Å². The Balaban J connectivity index is 1.29. The first kappa shape index (κ1) is 26.0. The SMILES string of the molecule is Cc1nnc(N2CC[C@H](NC(=O)C(=O)Nc3ccc(Cl)cn3)[C@H](NC(=O)c3nc4c(s3)CN(C)CC4)C2)o1. The minimum absolute atomic E-state index is 0.194. The Kier molecular flexibility index (Phi) is 7.53. The van der Waals surface area contributed by atoms with Crippen LogP contribution in [0.1, 0.15) is 32.7 Å². The summed E-state index contributed by atoms with van der Waals surface area (Å²) in [5.74, 6) is -1.45. The number of carbonyl (C=O) groups is 3. The van der Waals surface area contributed by atoms with Crippen molar-refractivity contribution in [3.63, 3.8) is 0 Å². The number of anilines is 2. The zero-order chi connectivity index (χ0) is 26.8. The van der Waals surface area contributed by atoms with E-state index in [-0.39, 0.29) is 18.3 Å². The van der Waals surface area contributed by atoms with Crippen LogP contribution in [0.5, 0.6) is 0 Å². The van der Waals surface area contributed by atoms with Crippen LogP contribution < -0.4 is 20.9 Å². The molecule has 5 rings (SSSR count). The van der Waals surface area contributed by atoms with Crippen molar-refractivity contribution in [2.24, 2.45) is 0 Å². The first-order chi connectivity index (χ1) is 18.2. The number of aryl methyl sites for hydroxylation is 1. The Bertz CT molecular complexity index is 1340. The number of likely N-dealkylation sites (N-methyl/N-ethyl adjacent to an activating group) is 1. The average molecular weight is 560 g/mol. The van der Waals surface area contributed by atoms with Crippen LogP contribution in [0.25, 0.3) is 0 Å². The number of rotatable bonds is 5. The molecule has 3 aromatic rings. The molecule has 3 amide bonds. The van der Waals surface area contributed by atoms with E-state index in [1.54, 1.807) is 13.0 Å². The summed E-state index contributed by atoms with van der Waals surface area (Å²) in [6.45, 7) is 4.09. The maximum absolute atomic E-state index is 13.2. The molecule has 0 aliphatic carbocycles. The van der Waals surface area contributed by atoms with Gasteiger partial charge in [0.2, 0.25) is 5.89 Å². The molecule has 13 nitrogen and oxygen atoms in total. The van der Waals surface area contributed by atoms with E-state index >= 15 is 0 Å².